The van der Waals surface area contributed by atoms with Crippen LogP contribution in [0.5, 0.6) is 0 Å². The second-order valence-corrected chi connectivity index (χ2v) is 6.65. The van der Waals surface area contributed by atoms with Crippen molar-refractivity contribution in [3.63, 3.8) is 0 Å². The van der Waals surface area contributed by atoms with E-state index in [1.807, 2.05) is 18.2 Å². The molecule has 0 saturated carbocycles. The van der Waals surface area contributed by atoms with E-state index in [4.69, 9.17) is 5.73 Å². The van der Waals surface area contributed by atoms with Crippen LogP contribution in [0.2, 0.25) is 0 Å². The average molecular weight is 415 g/mol. The third kappa shape index (κ3) is 6.90. The minimum absolute atomic E-state index is 0.217. The Morgan fingerprint density at radius 3 is 2.10 bits per heavy atom. The van der Waals surface area contributed by atoms with Crippen molar-refractivity contribution >= 4 is 40.3 Å². The molecule has 0 aliphatic rings. The summed E-state index contributed by atoms with van der Waals surface area (Å²) in [7, 11) is 0. The van der Waals surface area contributed by atoms with Gasteiger partial charge < -0.3 is 16.4 Å². The van der Waals surface area contributed by atoms with Gasteiger partial charge in [-0.2, -0.15) is 10.2 Å². The van der Waals surface area contributed by atoms with E-state index in [2.05, 4.69) is 20.9 Å². The first-order chi connectivity index (χ1) is 15.0. The number of azo groups is 1. The van der Waals surface area contributed by atoms with Crippen LogP contribution in [-0.4, -0.2) is 24.1 Å². The molecule has 0 aromatic heterocycles. The third-order valence-electron chi connectivity index (χ3n) is 4.15. The van der Waals surface area contributed by atoms with Gasteiger partial charge in [-0.05, 0) is 60.7 Å². The molecule has 0 saturated heterocycles. The molecule has 0 aliphatic heterocycles. The Hall–Kier alpha value is -4.33. The van der Waals surface area contributed by atoms with Crippen LogP contribution in [0.4, 0.5) is 22.7 Å². The van der Waals surface area contributed by atoms with Crippen molar-refractivity contribution in [3.8, 4) is 0 Å². The van der Waals surface area contributed by atoms with Crippen molar-refractivity contribution in [1.29, 1.82) is 0 Å². The number of benzene rings is 3. The van der Waals surface area contributed by atoms with Gasteiger partial charge in [0.2, 0.25) is 5.91 Å². The number of hydrogen-bond donors (Lipinski definition) is 3. The van der Waals surface area contributed by atoms with Crippen LogP contribution in [0.3, 0.4) is 0 Å². The molecule has 8 heteroatoms. The Balaban J connectivity index is 1.45. The average Bonchev–Trinajstić information content (AvgIpc) is 2.76. The maximum atomic E-state index is 12.2. The standard InChI is InChI=1S/C23H21N5O3/c24-17-8-12-19(13-9-17)26-22(30)14-21(29)15-25-28-20-10-6-16(7-11-20)23(31)27-18-4-2-1-3-5-18/h1-13H,14-15,24H2,(H,26,30)(H,27,31). The molecule has 8 nitrogen and oxygen atoms in total. The molecule has 0 spiro atoms. The van der Waals surface area contributed by atoms with Crippen LogP contribution in [-0.2, 0) is 9.59 Å². The number of ketones is 1. The van der Waals surface area contributed by atoms with Crippen molar-refractivity contribution in [2.45, 2.75) is 6.42 Å². The Kier molecular flexibility index (Phi) is 7.21. The number of nitrogens with two attached hydrogens (primary N) is 1. The first kappa shape index (κ1) is 21.4. The number of hydrogen-bond acceptors (Lipinski definition) is 6. The number of rotatable bonds is 8. The predicted molar refractivity (Wildman–Crippen MR) is 119 cm³/mol. The zero-order valence-electron chi connectivity index (χ0n) is 16.6. The summed E-state index contributed by atoms with van der Waals surface area (Å²) in [6.07, 6.45) is -0.304. The number of carbonyl (C=O) groups excluding carboxylic acids is 3. The van der Waals surface area contributed by atoms with Crippen molar-refractivity contribution in [2.75, 3.05) is 22.9 Å². The fourth-order valence-corrected chi connectivity index (χ4v) is 2.61. The van der Waals surface area contributed by atoms with Gasteiger partial charge in [-0.3, -0.25) is 14.4 Å². The molecule has 2 amide bonds. The monoisotopic (exact) mass is 415 g/mol. The maximum absolute atomic E-state index is 12.2. The fourth-order valence-electron chi connectivity index (χ4n) is 2.61. The molecular weight excluding hydrogens is 394 g/mol. The summed E-state index contributed by atoms with van der Waals surface area (Å²) in [5, 5.41) is 13.2. The van der Waals surface area contributed by atoms with E-state index in [0.717, 1.165) is 0 Å². The second kappa shape index (κ2) is 10.4. The highest BCUT2D eigenvalue weighted by atomic mass is 16.2. The molecule has 3 aromatic rings. The number of nitrogens with one attached hydrogen (secondary N) is 2. The lowest BCUT2D eigenvalue weighted by Crippen LogP contribution is -2.17. The molecule has 0 radical (unpaired) electrons. The van der Waals surface area contributed by atoms with Gasteiger partial charge in [0.15, 0.2) is 5.78 Å². The quantitative estimate of drug-likeness (QED) is 0.289. The number of Topliss-reactive ketones (excluding diaryl/α,β-unsaturated/α-hetero) is 1. The molecule has 31 heavy (non-hydrogen) atoms. The summed E-state index contributed by atoms with van der Waals surface area (Å²) in [6, 6.07) is 22.2. The van der Waals surface area contributed by atoms with E-state index in [1.54, 1.807) is 60.7 Å². The van der Waals surface area contributed by atoms with Crippen LogP contribution in [0.15, 0.2) is 89.1 Å². The third-order valence-corrected chi connectivity index (χ3v) is 4.15. The van der Waals surface area contributed by atoms with E-state index >= 15 is 0 Å². The summed E-state index contributed by atoms with van der Waals surface area (Å²) in [6.45, 7) is -0.217. The minimum atomic E-state index is -0.432. The van der Waals surface area contributed by atoms with Crippen LogP contribution in [0, 0.1) is 0 Å². The highest BCUT2D eigenvalue weighted by Crippen LogP contribution is 2.15. The van der Waals surface area contributed by atoms with Gasteiger partial charge in [-0.15, -0.1) is 0 Å². The Bertz CT molecular complexity index is 1080. The van der Waals surface area contributed by atoms with Gasteiger partial charge in [-0.25, -0.2) is 0 Å². The molecule has 3 rings (SSSR count). The van der Waals surface area contributed by atoms with Crippen LogP contribution >= 0.6 is 0 Å². The number of para-hydroxylation sites is 1. The molecule has 0 atom stereocenters. The van der Waals surface area contributed by atoms with Crippen LogP contribution in [0.1, 0.15) is 16.8 Å². The highest BCUT2D eigenvalue weighted by Gasteiger charge is 2.10. The molecule has 156 valence electrons. The molecule has 0 heterocycles. The van der Waals surface area contributed by atoms with E-state index in [1.165, 1.54) is 0 Å². The second-order valence-electron chi connectivity index (χ2n) is 6.65. The van der Waals surface area contributed by atoms with Crippen LogP contribution in [0.25, 0.3) is 0 Å². The number of carbonyl (C=O) groups is 3. The van der Waals surface area contributed by atoms with Gasteiger partial charge in [0.1, 0.15) is 6.54 Å². The number of anilines is 3. The zero-order valence-corrected chi connectivity index (χ0v) is 16.6. The van der Waals surface area contributed by atoms with Gasteiger partial charge in [0.25, 0.3) is 5.91 Å². The van der Waals surface area contributed by atoms with E-state index in [0.29, 0.717) is 28.3 Å². The van der Waals surface area contributed by atoms with Crippen LogP contribution < -0.4 is 16.4 Å². The lowest BCUT2D eigenvalue weighted by molar-refractivity contribution is -0.124. The summed E-state index contributed by atoms with van der Waals surface area (Å²) in [5.74, 6) is -1.04. The summed E-state index contributed by atoms with van der Waals surface area (Å²) in [4.78, 5) is 36.0. The Morgan fingerprint density at radius 2 is 1.42 bits per heavy atom. The fraction of sp³-hybridized carbons (Fsp3) is 0.0870. The lowest BCUT2D eigenvalue weighted by Gasteiger charge is -2.05. The van der Waals surface area contributed by atoms with Crippen molar-refractivity contribution in [1.82, 2.24) is 0 Å². The summed E-state index contributed by atoms with van der Waals surface area (Å²) in [5.41, 5.74) is 8.40. The molecule has 0 unspecified atom stereocenters. The maximum Gasteiger partial charge on any atom is 0.255 e. The number of nitrogen functional groups attached to an aromatic ring is 1. The normalized spacial score (nSPS) is 10.6. The van der Waals surface area contributed by atoms with Crippen molar-refractivity contribution in [2.24, 2.45) is 10.2 Å². The molecule has 3 aromatic carbocycles. The molecule has 0 fully saturated rings. The van der Waals surface area contributed by atoms with Crippen molar-refractivity contribution < 1.29 is 14.4 Å². The van der Waals surface area contributed by atoms with Gasteiger partial charge >= 0.3 is 0 Å². The smallest absolute Gasteiger partial charge is 0.255 e. The topological polar surface area (TPSA) is 126 Å². The summed E-state index contributed by atoms with van der Waals surface area (Å²) >= 11 is 0. The van der Waals surface area contributed by atoms with E-state index in [9.17, 15) is 14.4 Å². The SMILES string of the molecule is Nc1ccc(NC(=O)CC(=O)CN=Nc2ccc(C(=O)Nc3ccccc3)cc2)cc1. The minimum Gasteiger partial charge on any atom is -0.399 e. The number of nitrogens with zero attached hydrogens (tertiary/aromatic N) is 2. The summed E-state index contributed by atoms with van der Waals surface area (Å²) < 4.78 is 0. The zero-order chi connectivity index (χ0) is 22.1. The first-order valence-electron chi connectivity index (χ1n) is 9.50. The lowest BCUT2D eigenvalue weighted by atomic mass is 10.2. The van der Waals surface area contributed by atoms with E-state index in [-0.39, 0.29) is 24.7 Å². The van der Waals surface area contributed by atoms with Gasteiger partial charge in [0, 0.05) is 22.6 Å². The van der Waals surface area contributed by atoms with Gasteiger partial charge in [-0.1, -0.05) is 18.2 Å². The van der Waals surface area contributed by atoms with Gasteiger partial charge in [0.05, 0.1) is 12.1 Å². The Labute approximate surface area is 179 Å². The molecule has 4 N–H and O–H groups in total. The molecule has 0 bridgehead atoms. The molecule has 0 aliphatic carbocycles. The molecular formula is C23H21N5O3. The Morgan fingerprint density at radius 1 is 0.774 bits per heavy atom. The van der Waals surface area contributed by atoms with E-state index < -0.39 is 5.91 Å². The largest absolute Gasteiger partial charge is 0.399 e. The van der Waals surface area contributed by atoms with Crippen molar-refractivity contribution in [3.05, 3.63) is 84.4 Å². The highest BCUT2D eigenvalue weighted by molar-refractivity contribution is 6.05. The first-order valence-corrected chi connectivity index (χ1v) is 9.50. The number of amides is 2. The predicted octanol–water partition coefficient (Wildman–Crippen LogP) is 4.20.